The molecule has 176 valence electrons. The van der Waals surface area contributed by atoms with Crippen LogP contribution in [0.5, 0.6) is 0 Å². The average molecular weight is 461 g/mol. The number of hydrogen-bond acceptors (Lipinski definition) is 6. The zero-order valence-electron chi connectivity index (χ0n) is 19.3. The van der Waals surface area contributed by atoms with Gasteiger partial charge in [0.2, 0.25) is 0 Å². The monoisotopic (exact) mass is 460 g/mol. The minimum atomic E-state index is 0.0179. The van der Waals surface area contributed by atoms with Crippen LogP contribution >= 0.6 is 11.8 Å². The number of thioether (sulfide) groups is 1. The van der Waals surface area contributed by atoms with Crippen LogP contribution in [-0.2, 0) is 23.7 Å². The van der Waals surface area contributed by atoms with Gasteiger partial charge in [-0.2, -0.15) is 0 Å². The van der Waals surface area contributed by atoms with Gasteiger partial charge in [0.15, 0.2) is 5.12 Å². The predicted molar refractivity (Wildman–Crippen MR) is 123 cm³/mol. The van der Waals surface area contributed by atoms with E-state index in [0.29, 0.717) is 25.0 Å². The number of allylic oxidation sites excluding steroid dienone is 3. The Morgan fingerprint density at radius 2 is 1.81 bits per heavy atom. The molecule has 0 aromatic carbocycles. The van der Waals surface area contributed by atoms with Crippen LogP contribution in [0.25, 0.3) is 0 Å². The quantitative estimate of drug-likeness (QED) is 0.585. The molecule has 0 amide bonds. The molecule has 0 spiro atoms. The first-order valence-electron chi connectivity index (χ1n) is 12.5. The van der Waals surface area contributed by atoms with Gasteiger partial charge in [0, 0.05) is 23.5 Å². The molecule has 6 heteroatoms. The lowest BCUT2D eigenvalue weighted by molar-refractivity contribution is -0.162. The van der Waals surface area contributed by atoms with Crippen LogP contribution in [0.15, 0.2) is 23.3 Å². The lowest BCUT2D eigenvalue weighted by atomic mass is 9.50. The summed E-state index contributed by atoms with van der Waals surface area (Å²) in [6.07, 6.45) is 12.2. The largest absolute Gasteiger partial charge is 0.373 e. The molecule has 4 aliphatic carbocycles. The molecular weight excluding hydrogens is 424 g/mol. The van der Waals surface area contributed by atoms with Crippen molar-refractivity contribution in [3.05, 3.63) is 23.3 Å². The second-order valence-corrected chi connectivity index (χ2v) is 12.2. The molecule has 0 bridgehead atoms. The molecule has 6 aliphatic rings. The van der Waals surface area contributed by atoms with Gasteiger partial charge in [-0.25, -0.2) is 0 Å². The zero-order valence-corrected chi connectivity index (χ0v) is 20.2. The summed E-state index contributed by atoms with van der Waals surface area (Å²) in [7, 11) is 0. The SMILES string of the molecule is CC(=O)SCC[C@]12CC3OCCOC3CC1=CC[C@@H]1C2=CC[C@]2(C)C3OCCOC3C[C@@H]12. The van der Waals surface area contributed by atoms with Crippen LogP contribution in [0, 0.1) is 22.7 Å². The van der Waals surface area contributed by atoms with Crippen molar-refractivity contribution in [3.8, 4) is 0 Å². The lowest BCUT2D eigenvalue weighted by Crippen LogP contribution is -2.53. The Hall–Kier alpha value is -0.660. The summed E-state index contributed by atoms with van der Waals surface area (Å²) >= 11 is 1.47. The van der Waals surface area contributed by atoms with Gasteiger partial charge in [0.25, 0.3) is 0 Å². The Labute approximate surface area is 195 Å². The van der Waals surface area contributed by atoms with Crippen molar-refractivity contribution in [2.75, 3.05) is 32.2 Å². The highest BCUT2D eigenvalue weighted by atomic mass is 32.2. The Morgan fingerprint density at radius 3 is 2.62 bits per heavy atom. The lowest BCUT2D eigenvalue weighted by Gasteiger charge is -2.56. The number of carbonyl (C=O) groups is 1. The van der Waals surface area contributed by atoms with E-state index in [1.54, 1.807) is 18.1 Å². The molecule has 4 unspecified atom stereocenters. The van der Waals surface area contributed by atoms with Crippen molar-refractivity contribution >= 4 is 16.9 Å². The van der Waals surface area contributed by atoms with Gasteiger partial charge in [-0.3, -0.25) is 4.79 Å². The fraction of sp³-hybridized carbons (Fsp3) is 0.808. The second-order valence-electron chi connectivity index (χ2n) is 10.9. The van der Waals surface area contributed by atoms with E-state index in [0.717, 1.165) is 57.5 Å². The summed E-state index contributed by atoms with van der Waals surface area (Å²) in [5.74, 6) is 2.00. The summed E-state index contributed by atoms with van der Waals surface area (Å²) in [6.45, 7) is 6.98. The zero-order chi connectivity index (χ0) is 21.9. The summed E-state index contributed by atoms with van der Waals surface area (Å²) < 4.78 is 24.9. The summed E-state index contributed by atoms with van der Waals surface area (Å²) in [4.78, 5) is 11.8. The molecule has 8 atom stereocenters. The molecule has 2 saturated heterocycles. The highest BCUT2D eigenvalue weighted by Gasteiger charge is 2.61. The standard InChI is InChI=1S/C26H36O5S/c1-16(27)32-12-7-26-15-23-21(28-8-9-30-23)13-17(26)3-4-18-19(26)5-6-25(2)20(18)14-22-24(25)31-11-10-29-22/h3,5,18,20-24H,4,6-15H2,1-2H3/t18-,20+,21?,22?,23?,24?,25+,26+/m1/s1. The normalized spacial score (nSPS) is 47.2. The van der Waals surface area contributed by atoms with Crippen molar-refractivity contribution in [1.29, 1.82) is 0 Å². The van der Waals surface area contributed by atoms with E-state index in [9.17, 15) is 4.79 Å². The molecule has 32 heavy (non-hydrogen) atoms. The maximum atomic E-state index is 11.8. The topological polar surface area (TPSA) is 54.0 Å². The fourth-order valence-corrected chi connectivity index (χ4v) is 8.78. The van der Waals surface area contributed by atoms with Gasteiger partial charge in [0.05, 0.1) is 50.8 Å². The molecule has 5 nitrogen and oxygen atoms in total. The van der Waals surface area contributed by atoms with Crippen LogP contribution in [0.1, 0.15) is 52.4 Å². The van der Waals surface area contributed by atoms with Crippen LogP contribution in [0.4, 0.5) is 0 Å². The van der Waals surface area contributed by atoms with Crippen molar-refractivity contribution in [2.24, 2.45) is 22.7 Å². The summed E-state index contributed by atoms with van der Waals surface area (Å²) in [6, 6.07) is 0. The van der Waals surface area contributed by atoms with Crippen LogP contribution < -0.4 is 0 Å². The van der Waals surface area contributed by atoms with Crippen molar-refractivity contribution in [3.63, 3.8) is 0 Å². The minimum absolute atomic E-state index is 0.0179. The minimum Gasteiger partial charge on any atom is -0.373 e. The number of carbonyl (C=O) groups excluding carboxylic acids is 1. The Kier molecular flexibility index (Phi) is 5.62. The second kappa shape index (κ2) is 8.23. The molecule has 2 aliphatic heterocycles. The maximum Gasteiger partial charge on any atom is 0.185 e. The number of fused-ring (bicyclic) bond motifs is 8. The van der Waals surface area contributed by atoms with Crippen molar-refractivity contribution in [2.45, 2.75) is 76.8 Å². The van der Waals surface area contributed by atoms with E-state index >= 15 is 0 Å². The molecule has 0 radical (unpaired) electrons. The van der Waals surface area contributed by atoms with Gasteiger partial charge in [-0.15, -0.1) is 0 Å². The molecule has 2 heterocycles. The van der Waals surface area contributed by atoms with Crippen molar-refractivity contribution in [1.82, 2.24) is 0 Å². The highest BCUT2D eigenvalue weighted by Crippen LogP contribution is 2.65. The molecule has 2 saturated carbocycles. The first kappa shape index (κ1) is 21.8. The highest BCUT2D eigenvalue weighted by molar-refractivity contribution is 8.13. The van der Waals surface area contributed by atoms with E-state index in [1.165, 1.54) is 11.8 Å². The predicted octanol–water partition coefficient (Wildman–Crippen LogP) is 4.31. The van der Waals surface area contributed by atoms with Crippen LogP contribution in [0.2, 0.25) is 0 Å². The third kappa shape index (κ3) is 3.31. The molecule has 0 N–H and O–H groups in total. The fourth-order valence-electron chi connectivity index (χ4n) is 8.05. The van der Waals surface area contributed by atoms with E-state index in [1.807, 2.05) is 0 Å². The van der Waals surface area contributed by atoms with E-state index in [2.05, 4.69) is 19.1 Å². The van der Waals surface area contributed by atoms with Crippen LogP contribution in [0.3, 0.4) is 0 Å². The molecule has 0 aromatic rings. The van der Waals surface area contributed by atoms with Gasteiger partial charge in [-0.05, 0) is 50.4 Å². The molecule has 6 rings (SSSR count). The third-order valence-corrected chi connectivity index (χ3v) is 10.2. The first-order chi connectivity index (χ1) is 15.5. The van der Waals surface area contributed by atoms with E-state index < -0.39 is 0 Å². The number of ether oxygens (including phenoxy) is 4. The molecule has 4 fully saturated rings. The molecule has 0 aromatic heterocycles. The summed E-state index contributed by atoms with van der Waals surface area (Å²) in [5, 5.41) is 0.213. The van der Waals surface area contributed by atoms with E-state index in [-0.39, 0.29) is 40.4 Å². The Morgan fingerprint density at radius 1 is 1.06 bits per heavy atom. The maximum absolute atomic E-state index is 11.8. The molecular formula is C26H36O5S. The smallest absolute Gasteiger partial charge is 0.185 e. The average Bonchev–Trinajstić information content (AvgIpc) is 3.10. The first-order valence-corrected chi connectivity index (χ1v) is 13.5. The third-order valence-electron chi connectivity index (χ3n) is 9.43. The number of hydrogen-bond donors (Lipinski definition) is 0. The van der Waals surface area contributed by atoms with Crippen LogP contribution in [-0.4, -0.2) is 61.7 Å². The Bertz CT molecular complexity index is 838. The van der Waals surface area contributed by atoms with Gasteiger partial charge in [0.1, 0.15) is 0 Å². The van der Waals surface area contributed by atoms with Gasteiger partial charge < -0.3 is 18.9 Å². The van der Waals surface area contributed by atoms with Gasteiger partial charge in [-0.1, -0.05) is 42.0 Å². The van der Waals surface area contributed by atoms with Crippen molar-refractivity contribution < 1.29 is 23.7 Å². The van der Waals surface area contributed by atoms with E-state index in [4.69, 9.17) is 18.9 Å². The summed E-state index contributed by atoms with van der Waals surface area (Å²) in [5.41, 5.74) is 3.35. The number of rotatable bonds is 3. The Balaban J connectivity index is 1.36. The van der Waals surface area contributed by atoms with Gasteiger partial charge >= 0.3 is 0 Å².